The van der Waals surface area contributed by atoms with E-state index in [4.69, 9.17) is 9.84 Å². The molecule has 0 aromatic heterocycles. The van der Waals surface area contributed by atoms with Gasteiger partial charge in [0.2, 0.25) is 6.04 Å². The first-order valence-electron chi connectivity index (χ1n) is 10.9. The molecule has 186 valence electrons. The Morgan fingerprint density at radius 1 is 1.09 bits per heavy atom. The lowest BCUT2D eigenvalue weighted by Crippen LogP contribution is -2.60. The molecular weight excluding hydrogens is 485 g/mol. The van der Waals surface area contributed by atoms with Gasteiger partial charge in [0.05, 0.1) is 12.5 Å². The fourth-order valence-corrected chi connectivity index (χ4v) is 5.59. The summed E-state index contributed by atoms with van der Waals surface area (Å²) >= 11 is 1.36. The van der Waals surface area contributed by atoms with Gasteiger partial charge >= 0.3 is 18.2 Å². The van der Waals surface area contributed by atoms with Crippen molar-refractivity contribution in [3.8, 4) is 11.1 Å². The lowest BCUT2D eigenvalue weighted by Gasteiger charge is -2.37. The third-order valence-corrected chi connectivity index (χ3v) is 7.19. The van der Waals surface area contributed by atoms with Crippen molar-refractivity contribution in [2.45, 2.75) is 30.6 Å². The van der Waals surface area contributed by atoms with Crippen molar-refractivity contribution >= 4 is 29.7 Å². The highest BCUT2D eigenvalue weighted by atomic mass is 32.2. The van der Waals surface area contributed by atoms with Crippen LogP contribution in [0.25, 0.3) is 11.1 Å². The number of alkyl halides is 3. The number of carboxylic acids is 1. The lowest BCUT2D eigenvalue weighted by atomic mass is 9.98. The van der Waals surface area contributed by atoms with Crippen LogP contribution in [0.2, 0.25) is 0 Å². The van der Waals surface area contributed by atoms with Gasteiger partial charge in [-0.05, 0) is 22.3 Å². The van der Waals surface area contributed by atoms with Crippen LogP contribution in [0.1, 0.15) is 23.5 Å². The summed E-state index contributed by atoms with van der Waals surface area (Å²) in [7, 11) is 0. The van der Waals surface area contributed by atoms with Crippen LogP contribution in [-0.4, -0.2) is 70.9 Å². The van der Waals surface area contributed by atoms with Gasteiger partial charge in [0.25, 0.3) is 5.91 Å². The van der Waals surface area contributed by atoms with Crippen LogP contribution < -0.4 is 5.32 Å². The highest BCUT2D eigenvalue weighted by Crippen LogP contribution is 2.44. The molecule has 2 aromatic rings. The maximum absolute atomic E-state index is 13.8. The van der Waals surface area contributed by atoms with E-state index < -0.39 is 42.7 Å². The molecule has 1 aliphatic heterocycles. The van der Waals surface area contributed by atoms with Crippen LogP contribution in [0.3, 0.4) is 0 Å². The molecule has 0 radical (unpaired) electrons. The number of carboxylic acid groups (broad SMARTS) is 1. The predicted molar refractivity (Wildman–Crippen MR) is 123 cm³/mol. The number of ether oxygens (including phenoxy) is 1. The molecule has 0 saturated carbocycles. The number of hydrogen-bond donors (Lipinski definition) is 2. The summed E-state index contributed by atoms with van der Waals surface area (Å²) in [5.41, 5.74) is 3.72. The van der Waals surface area contributed by atoms with E-state index in [0.717, 1.165) is 27.2 Å². The Labute approximate surface area is 203 Å². The molecule has 4 rings (SSSR count). The lowest BCUT2D eigenvalue weighted by molar-refractivity contribution is -0.175. The zero-order valence-corrected chi connectivity index (χ0v) is 19.3. The van der Waals surface area contributed by atoms with E-state index in [9.17, 15) is 27.6 Å². The Morgan fingerprint density at radius 2 is 1.69 bits per heavy atom. The Bertz CT molecular complexity index is 1080. The van der Waals surface area contributed by atoms with E-state index in [2.05, 4.69) is 0 Å². The number of nitrogens with zero attached hydrogens (tertiary/aromatic N) is 1. The van der Waals surface area contributed by atoms with Crippen molar-refractivity contribution in [1.29, 1.82) is 0 Å². The summed E-state index contributed by atoms with van der Waals surface area (Å²) in [5.74, 6) is -2.39. The van der Waals surface area contributed by atoms with Crippen molar-refractivity contribution in [2.75, 3.05) is 24.7 Å². The second kappa shape index (κ2) is 10.2. The number of alkyl carbamates (subject to hydrolysis) is 1. The molecule has 7 nitrogen and oxygen atoms in total. The molecule has 1 heterocycles. The van der Waals surface area contributed by atoms with Crippen LogP contribution in [0.4, 0.5) is 18.0 Å². The summed E-state index contributed by atoms with van der Waals surface area (Å²) in [5, 5.41) is 10.7. The van der Waals surface area contributed by atoms with Crippen LogP contribution in [0.15, 0.2) is 48.5 Å². The molecule has 2 aromatic carbocycles. The molecule has 2 unspecified atom stereocenters. The molecule has 2 amide bonds. The first kappa shape index (κ1) is 24.9. The van der Waals surface area contributed by atoms with Crippen LogP contribution >= 0.6 is 11.8 Å². The summed E-state index contributed by atoms with van der Waals surface area (Å²) in [6.45, 7) is -0.249. The van der Waals surface area contributed by atoms with Crippen molar-refractivity contribution in [3.63, 3.8) is 0 Å². The highest BCUT2D eigenvalue weighted by molar-refractivity contribution is 7.99. The van der Waals surface area contributed by atoms with Crippen molar-refractivity contribution in [2.24, 2.45) is 0 Å². The van der Waals surface area contributed by atoms with Crippen LogP contribution in [0.5, 0.6) is 0 Å². The molecule has 1 saturated heterocycles. The molecule has 1 aliphatic carbocycles. The summed E-state index contributed by atoms with van der Waals surface area (Å²) in [4.78, 5) is 37.2. The quantitative estimate of drug-likeness (QED) is 0.615. The SMILES string of the molecule is O=C(O)CC1CSCCN1C(=O)C(NC(=O)OCC1c2ccccc2-c2ccccc21)C(F)(F)F. The zero-order chi connectivity index (χ0) is 25.2. The van der Waals surface area contributed by atoms with Crippen molar-refractivity contribution in [3.05, 3.63) is 59.7 Å². The minimum absolute atomic E-state index is 0.0413. The maximum atomic E-state index is 13.8. The maximum Gasteiger partial charge on any atom is 0.417 e. The van der Waals surface area contributed by atoms with Gasteiger partial charge in [0, 0.05) is 24.0 Å². The Morgan fingerprint density at radius 3 is 2.26 bits per heavy atom. The van der Waals surface area contributed by atoms with Gasteiger partial charge < -0.3 is 20.1 Å². The van der Waals surface area contributed by atoms with Gasteiger partial charge in [-0.1, -0.05) is 48.5 Å². The van der Waals surface area contributed by atoms with E-state index in [0.29, 0.717) is 5.75 Å². The van der Waals surface area contributed by atoms with Crippen molar-refractivity contribution < 1.29 is 37.4 Å². The fourth-order valence-electron chi connectivity index (χ4n) is 4.52. The third-order valence-electron chi connectivity index (χ3n) is 6.10. The first-order valence-corrected chi connectivity index (χ1v) is 12.1. The second-order valence-electron chi connectivity index (χ2n) is 8.30. The first-order chi connectivity index (χ1) is 16.7. The number of benzene rings is 2. The number of nitrogens with one attached hydrogen (secondary N) is 1. The average molecular weight is 509 g/mol. The van der Waals surface area contributed by atoms with E-state index in [1.807, 2.05) is 48.5 Å². The third kappa shape index (κ3) is 5.39. The van der Waals surface area contributed by atoms with E-state index >= 15 is 0 Å². The van der Waals surface area contributed by atoms with Gasteiger partial charge in [-0.3, -0.25) is 9.59 Å². The number of thioether (sulfide) groups is 1. The molecule has 1 fully saturated rings. The van der Waals surface area contributed by atoms with Gasteiger partial charge in [-0.2, -0.15) is 24.9 Å². The van der Waals surface area contributed by atoms with Gasteiger partial charge in [-0.25, -0.2) is 4.79 Å². The van der Waals surface area contributed by atoms with E-state index in [-0.39, 0.29) is 24.8 Å². The van der Waals surface area contributed by atoms with E-state index in [1.54, 1.807) is 5.32 Å². The number of fused-ring (bicyclic) bond motifs is 3. The number of carbonyl (C=O) groups is 3. The standard InChI is InChI=1S/C24H23F3N2O5S/c25-24(26,27)21(22(32)29-9-10-35-13-14(29)11-20(30)31)28-23(33)34-12-19-17-7-3-1-5-15(17)16-6-2-4-8-18(16)19/h1-8,14,19,21H,9-13H2,(H,28,33)(H,30,31). The van der Waals surface area contributed by atoms with Crippen LogP contribution in [0, 0.1) is 0 Å². The number of halogens is 3. The van der Waals surface area contributed by atoms with Crippen LogP contribution in [-0.2, 0) is 14.3 Å². The average Bonchev–Trinajstić information content (AvgIpc) is 3.14. The largest absolute Gasteiger partial charge is 0.481 e. The summed E-state index contributed by atoms with van der Waals surface area (Å²) in [6.07, 6.45) is -6.93. The molecule has 2 atom stereocenters. The molecule has 11 heteroatoms. The van der Waals surface area contributed by atoms with Crippen molar-refractivity contribution in [1.82, 2.24) is 10.2 Å². The number of rotatable bonds is 6. The summed E-state index contributed by atoms with van der Waals surface area (Å²) < 4.78 is 46.5. The summed E-state index contributed by atoms with van der Waals surface area (Å²) in [6, 6.07) is 11.3. The molecule has 2 aliphatic rings. The van der Waals surface area contributed by atoms with Gasteiger partial charge in [0.15, 0.2) is 0 Å². The molecule has 0 spiro atoms. The normalized spacial score (nSPS) is 18.4. The molecule has 35 heavy (non-hydrogen) atoms. The van der Waals surface area contributed by atoms with Gasteiger partial charge in [0.1, 0.15) is 6.61 Å². The number of amides is 2. The second-order valence-corrected chi connectivity index (χ2v) is 9.45. The minimum Gasteiger partial charge on any atom is -0.481 e. The monoisotopic (exact) mass is 508 g/mol. The predicted octanol–water partition coefficient (Wildman–Crippen LogP) is 3.87. The number of hydrogen-bond acceptors (Lipinski definition) is 5. The Kier molecular flexibility index (Phi) is 7.25. The smallest absolute Gasteiger partial charge is 0.417 e. The number of carbonyl (C=O) groups excluding carboxylic acids is 2. The number of aliphatic carboxylic acids is 1. The minimum atomic E-state index is -5.08. The Hall–Kier alpha value is -3.21. The Balaban J connectivity index is 1.46. The molecule has 2 N–H and O–H groups in total. The zero-order valence-electron chi connectivity index (χ0n) is 18.5. The highest BCUT2D eigenvalue weighted by Gasteiger charge is 2.49. The molecule has 0 bridgehead atoms. The fraction of sp³-hybridized carbons (Fsp3) is 0.375. The van der Waals surface area contributed by atoms with E-state index in [1.165, 1.54) is 11.8 Å². The topological polar surface area (TPSA) is 95.9 Å². The van der Waals surface area contributed by atoms with Gasteiger partial charge in [-0.15, -0.1) is 0 Å². The molecular formula is C24H23F3N2O5S.